The molecule has 1 aromatic rings. The summed E-state index contributed by atoms with van der Waals surface area (Å²) in [6.07, 6.45) is -4.55. The van der Waals surface area contributed by atoms with Crippen LogP contribution in [0.2, 0.25) is 0 Å². The third-order valence-electron chi connectivity index (χ3n) is 1.89. The Morgan fingerprint density at radius 3 is 2.40 bits per heavy atom. The minimum atomic E-state index is -4.55. The van der Waals surface area contributed by atoms with E-state index in [1.807, 2.05) is 0 Å². The Hall–Kier alpha value is -1.30. The van der Waals surface area contributed by atoms with Crippen LogP contribution in [0.15, 0.2) is 18.2 Å². The summed E-state index contributed by atoms with van der Waals surface area (Å²) in [5.74, 6) is -0.983. The zero-order chi connectivity index (χ0) is 11.6. The first-order valence-electron chi connectivity index (χ1n) is 4.02. The lowest BCUT2D eigenvalue weighted by Gasteiger charge is -2.16. The fraction of sp³-hybridized carbons (Fsp3) is 0.333. The van der Waals surface area contributed by atoms with Crippen LogP contribution in [0.5, 0.6) is 5.75 Å². The molecule has 0 unspecified atom stereocenters. The summed E-state index contributed by atoms with van der Waals surface area (Å²) in [5.41, 5.74) is 4.71. The molecule has 84 valence electrons. The van der Waals surface area contributed by atoms with Crippen molar-refractivity contribution in [3.63, 3.8) is 0 Å². The molecule has 0 spiro atoms. The van der Waals surface area contributed by atoms with Crippen LogP contribution in [-0.4, -0.2) is 13.3 Å². The van der Waals surface area contributed by atoms with E-state index < -0.39 is 18.0 Å². The van der Waals surface area contributed by atoms with Gasteiger partial charge in [-0.3, -0.25) is 0 Å². The number of rotatable bonds is 2. The molecule has 1 rings (SSSR count). The Balaban J connectivity index is 3.06. The topological polar surface area (TPSA) is 35.2 Å². The van der Waals surface area contributed by atoms with Gasteiger partial charge in [-0.2, -0.15) is 13.2 Å². The smallest absolute Gasteiger partial charge is 0.407 e. The molecule has 0 saturated heterocycles. The van der Waals surface area contributed by atoms with Crippen LogP contribution in [0.3, 0.4) is 0 Å². The number of nitrogens with two attached hydrogens (primary N) is 1. The molecule has 0 aromatic heterocycles. The molecule has 15 heavy (non-hydrogen) atoms. The van der Waals surface area contributed by atoms with Crippen molar-refractivity contribution in [1.29, 1.82) is 0 Å². The molecule has 0 aliphatic rings. The number of alkyl halides is 3. The van der Waals surface area contributed by atoms with Gasteiger partial charge in [-0.1, -0.05) is 6.07 Å². The van der Waals surface area contributed by atoms with Crippen molar-refractivity contribution in [3.8, 4) is 5.75 Å². The predicted octanol–water partition coefficient (Wildman–Crippen LogP) is 2.40. The third kappa shape index (κ3) is 2.59. The molecule has 1 aromatic carbocycles. The van der Waals surface area contributed by atoms with Crippen LogP contribution in [0.4, 0.5) is 17.6 Å². The zero-order valence-corrected chi connectivity index (χ0v) is 7.81. The summed E-state index contributed by atoms with van der Waals surface area (Å²) >= 11 is 0. The van der Waals surface area contributed by atoms with E-state index >= 15 is 0 Å². The van der Waals surface area contributed by atoms with E-state index in [2.05, 4.69) is 4.74 Å². The molecule has 0 aliphatic heterocycles. The van der Waals surface area contributed by atoms with Gasteiger partial charge in [0.15, 0.2) is 11.6 Å². The van der Waals surface area contributed by atoms with Crippen LogP contribution >= 0.6 is 0 Å². The highest BCUT2D eigenvalue weighted by Gasteiger charge is 2.38. The van der Waals surface area contributed by atoms with Gasteiger partial charge in [-0.15, -0.1) is 0 Å². The monoisotopic (exact) mass is 223 g/mol. The Labute approximate surface area is 83.6 Å². The van der Waals surface area contributed by atoms with Crippen molar-refractivity contribution < 1.29 is 22.3 Å². The maximum absolute atomic E-state index is 12.9. The van der Waals surface area contributed by atoms with Gasteiger partial charge in [0.25, 0.3) is 0 Å². The lowest BCUT2D eigenvalue weighted by molar-refractivity contribution is -0.149. The summed E-state index contributed by atoms with van der Waals surface area (Å²) in [5, 5.41) is 0. The van der Waals surface area contributed by atoms with E-state index in [0.717, 1.165) is 18.2 Å². The fourth-order valence-electron chi connectivity index (χ4n) is 1.06. The second kappa shape index (κ2) is 4.06. The maximum Gasteiger partial charge on any atom is 0.407 e. The van der Waals surface area contributed by atoms with Crippen molar-refractivity contribution >= 4 is 0 Å². The highest BCUT2D eigenvalue weighted by atomic mass is 19.4. The van der Waals surface area contributed by atoms with Crippen molar-refractivity contribution in [2.75, 3.05) is 7.11 Å². The van der Waals surface area contributed by atoms with E-state index in [-0.39, 0.29) is 11.3 Å². The first-order valence-corrected chi connectivity index (χ1v) is 4.02. The maximum atomic E-state index is 12.9. The predicted molar refractivity (Wildman–Crippen MR) is 45.9 cm³/mol. The highest BCUT2D eigenvalue weighted by molar-refractivity contribution is 5.32. The quantitative estimate of drug-likeness (QED) is 0.781. The van der Waals surface area contributed by atoms with Crippen LogP contribution in [0.1, 0.15) is 11.6 Å². The third-order valence-corrected chi connectivity index (χ3v) is 1.89. The van der Waals surface area contributed by atoms with Crippen LogP contribution in [-0.2, 0) is 0 Å². The molecule has 0 amide bonds. The first-order chi connectivity index (χ1) is 6.86. The van der Waals surface area contributed by atoms with Gasteiger partial charge in [0.1, 0.15) is 6.04 Å². The SMILES string of the molecule is COc1cc([C@@H](N)C(F)(F)F)ccc1F. The van der Waals surface area contributed by atoms with Crippen molar-refractivity contribution in [2.24, 2.45) is 5.73 Å². The summed E-state index contributed by atoms with van der Waals surface area (Å²) in [6.45, 7) is 0. The molecule has 2 N–H and O–H groups in total. The number of hydrogen-bond donors (Lipinski definition) is 1. The zero-order valence-electron chi connectivity index (χ0n) is 7.81. The van der Waals surface area contributed by atoms with E-state index in [1.54, 1.807) is 0 Å². The van der Waals surface area contributed by atoms with Gasteiger partial charge in [0.2, 0.25) is 0 Å². The molecule has 0 fully saturated rings. The van der Waals surface area contributed by atoms with Crippen molar-refractivity contribution in [3.05, 3.63) is 29.6 Å². The minimum absolute atomic E-state index is 0.235. The van der Waals surface area contributed by atoms with E-state index in [1.165, 1.54) is 7.11 Å². The normalized spacial score (nSPS) is 13.7. The van der Waals surface area contributed by atoms with Gasteiger partial charge >= 0.3 is 6.18 Å². The van der Waals surface area contributed by atoms with Crippen molar-refractivity contribution in [2.45, 2.75) is 12.2 Å². The summed E-state index contributed by atoms with van der Waals surface area (Å²) in [6, 6.07) is 0.676. The van der Waals surface area contributed by atoms with Gasteiger partial charge < -0.3 is 10.5 Å². The van der Waals surface area contributed by atoms with Gasteiger partial charge in [-0.25, -0.2) is 4.39 Å². The molecule has 0 bridgehead atoms. The van der Waals surface area contributed by atoms with Crippen molar-refractivity contribution in [1.82, 2.24) is 0 Å². The van der Waals surface area contributed by atoms with Crippen LogP contribution in [0, 0.1) is 5.82 Å². The average molecular weight is 223 g/mol. The first kappa shape index (κ1) is 11.8. The number of halogens is 4. The fourth-order valence-corrected chi connectivity index (χ4v) is 1.06. The number of methoxy groups -OCH3 is 1. The molecular weight excluding hydrogens is 214 g/mol. The second-order valence-corrected chi connectivity index (χ2v) is 2.91. The van der Waals surface area contributed by atoms with Crippen LogP contribution < -0.4 is 10.5 Å². The molecule has 0 heterocycles. The lowest BCUT2D eigenvalue weighted by atomic mass is 10.1. The van der Waals surface area contributed by atoms with Gasteiger partial charge in [0.05, 0.1) is 7.11 Å². The Bertz CT molecular complexity index is 350. The molecule has 0 aliphatic carbocycles. The van der Waals surface area contributed by atoms with Crippen LogP contribution in [0.25, 0.3) is 0 Å². The van der Waals surface area contributed by atoms with Gasteiger partial charge in [0, 0.05) is 0 Å². The molecular formula is C9H9F4NO. The lowest BCUT2D eigenvalue weighted by Crippen LogP contribution is -2.28. The standard InChI is InChI=1S/C9H9F4NO/c1-15-7-4-5(2-3-6(7)10)8(14)9(11,12)13/h2-4,8H,14H2,1H3/t8-/m1/s1. The van der Waals surface area contributed by atoms with Gasteiger partial charge in [-0.05, 0) is 17.7 Å². The Kier molecular flexibility index (Phi) is 3.18. The highest BCUT2D eigenvalue weighted by Crippen LogP contribution is 2.32. The molecule has 6 heteroatoms. The largest absolute Gasteiger partial charge is 0.494 e. The molecule has 1 atom stereocenters. The molecule has 0 saturated carbocycles. The van der Waals surface area contributed by atoms with E-state index in [0.29, 0.717) is 0 Å². The minimum Gasteiger partial charge on any atom is -0.494 e. The number of ether oxygens (including phenoxy) is 1. The second-order valence-electron chi connectivity index (χ2n) is 2.91. The van der Waals surface area contributed by atoms with E-state index in [4.69, 9.17) is 5.73 Å². The number of hydrogen-bond acceptors (Lipinski definition) is 2. The summed E-state index contributed by atoms with van der Waals surface area (Å²) in [7, 11) is 1.17. The Morgan fingerprint density at radius 1 is 1.33 bits per heavy atom. The summed E-state index contributed by atoms with van der Waals surface area (Å²) < 4.78 is 54.1. The average Bonchev–Trinajstić information content (AvgIpc) is 2.16. The van der Waals surface area contributed by atoms with E-state index in [9.17, 15) is 17.6 Å². The Morgan fingerprint density at radius 2 is 1.93 bits per heavy atom. The molecule has 0 radical (unpaired) electrons. The number of benzene rings is 1. The molecule has 2 nitrogen and oxygen atoms in total. The summed E-state index contributed by atoms with van der Waals surface area (Å²) in [4.78, 5) is 0.